The molecule has 14 heavy (non-hydrogen) atoms. The first-order valence-corrected chi connectivity index (χ1v) is 5.85. The van der Waals surface area contributed by atoms with E-state index in [9.17, 15) is 4.79 Å². The molecule has 0 spiro atoms. The maximum atomic E-state index is 11.7. The number of alkyl halides is 2. The van der Waals surface area contributed by atoms with E-state index in [2.05, 4.69) is 15.9 Å². The molecule has 1 aromatic carbocycles. The minimum absolute atomic E-state index is 0.106. The molecule has 0 aliphatic carbocycles. The Morgan fingerprint density at radius 2 is 2.21 bits per heavy atom. The normalized spacial score (nSPS) is 12.6. The van der Waals surface area contributed by atoms with Crippen molar-refractivity contribution in [2.75, 3.05) is 0 Å². The van der Waals surface area contributed by atoms with Crippen LogP contribution in [0.15, 0.2) is 18.2 Å². The molecule has 0 N–H and O–H groups in total. The van der Waals surface area contributed by atoms with Gasteiger partial charge in [0.2, 0.25) is 0 Å². The number of ketones is 1. The third kappa shape index (κ3) is 2.37. The van der Waals surface area contributed by atoms with Gasteiger partial charge < -0.3 is 0 Å². The highest BCUT2D eigenvalue weighted by Crippen LogP contribution is 2.19. The fraction of sp³-hybridized carbons (Fsp3) is 0.364. The molecule has 0 saturated heterocycles. The number of halogens is 2. The molecule has 3 heteroatoms. The number of Topliss-reactive ketones (excluding diaryl/α,β-unsaturated/α-hetero) is 1. The molecule has 0 aliphatic heterocycles. The summed E-state index contributed by atoms with van der Waals surface area (Å²) >= 11 is 9.04. The predicted molar refractivity (Wildman–Crippen MR) is 63.5 cm³/mol. The molecule has 0 radical (unpaired) electrons. The molecule has 0 saturated carbocycles. The quantitative estimate of drug-likeness (QED) is 0.607. The number of benzene rings is 1. The second-order valence-electron chi connectivity index (χ2n) is 3.20. The van der Waals surface area contributed by atoms with Crippen molar-refractivity contribution in [1.82, 2.24) is 0 Å². The monoisotopic (exact) mass is 274 g/mol. The van der Waals surface area contributed by atoms with Crippen LogP contribution in [-0.2, 0) is 5.88 Å². The standard InChI is InChI=1S/C11H12BrClO/c1-7-9(6-13)4-3-5-10(7)11(14)8(2)12/h3-5,8H,6H2,1-2H3. The zero-order chi connectivity index (χ0) is 10.7. The second-order valence-corrected chi connectivity index (χ2v) is 4.84. The van der Waals surface area contributed by atoms with Crippen molar-refractivity contribution < 1.29 is 4.79 Å². The maximum Gasteiger partial charge on any atom is 0.176 e. The first kappa shape index (κ1) is 11.7. The SMILES string of the molecule is Cc1c(CCl)cccc1C(=O)C(C)Br. The molecule has 0 fully saturated rings. The van der Waals surface area contributed by atoms with E-state index < -0.39 is 0 Å². The Morgan fingerprint density at radius 1 is 1.57 bits per heavy atom. The summed E-state index contributed by atoms with van der Waals surface area (Å²) in [7, 11) is 0. The summed E-state index contributed by atoms with van der Waals surface area (Å²) < 4.78 is 0. The third-order valence-corrected chi connectivity index (χ3v) is 2.92. The lowest BCUT2D eigenvalue weighted by Gasteiger charge is -2.09. The number of rotatable bonds is 3. The van der Waals surface area contributed by atoms with E-state index in [1.807, 2.05) is 32.0 Å². The molecule has 0 amide bonds. The van der Waals surface area contributed by atoms with Crippen LogP contribution < -0.4 is 0 Å². The number of hydrogen-bond donors (Lipinski definition) is 0. The van der Waals surface area contributed by atoms with E-state index in [0.717, 1.165) is 16.7 Å². The van der Waals surface area contributed by atoms with Gasteiger partial charge in [-0.2, -0.15) is 0 Å². The van der Waals surface area contributed by atoms with Crippen LogP contribution in [0, 0.1) is 6.92 Å². The van der Waals surface area contributed by atoms with E-state index >= 15 is 0 Å². The average Bonchev–Trinajstić information content (AvgIpc) is 2.17. The summed E-state index contributed by atoms with van der Waals surface area (Å²) in [5, 5.41) is 0. The molecular weight excluding hydrogens is 263 g/mol. The van der Waals surface area contributed by atoms with Crippen molar-refractivity contribution >= 4 is 33.3 Å². The van der Waals surface area contributed by atoms with Gasteiger partial charge in [-0.3, -0.25) is 4.79 Å². The second kappa shape index (κ2) is 4.94. The van der Waals surface area contributed by atoms with E-state index in [0.29, 0.717) is 5.88 Å². The maximum absolute atomic E-state index is 11.7. The highest BCUT2D eigenvalue weighted by molar-refractivity contribution is 9.10. The average molecular weight is 276 g/mol. The molecule has 0 aliphatic rings. The Bertz CT molecular complexity index is 347. The highest BCUT2D eigenvalue weighted by Gasteiger charge is 2.15. The van der Waals surface area contributed by atoms with Crippen molar-refractivity contribution in [3.63, 3.8) is 0 Å². The first-order valence-electron chi connectivity index (χ1n) is 4.40. The van der Waals surface area contributed by atoms with Gasteiger partial charge in [0.05, 0.1) is 4.83 Å². The molecule has 76 valence electrons. The van der Waals surface area contributed by atoms with Gasteiger partial charge in [0.1, 0.15) is 0 Å². The highest BCUT2D eigenvalue weighted by atomic mass is 79.9. The fourth-order valence-electron chi connectivity index (χ4n) is 1.31. The summed E-state index contributed by atoms with van der Waals surface area (Å²) in [6.45, 7) is 3.76. The van der Waals surface area contributed by atoms with E-state index in [-0.39, 0.29) is 10.6 Å². The predicted octanol–water partition coefficient (Wildman–Crippen LogP) is 3.70. The fourth-order valence-corrected chi connectivity index (χ4v) is 1.85. The van der Waals surface area contributed by atoms with Crippen molar-refractivity contribution in [2.45, 2.75) is 24.6 Å². The first-order chi connectivity index (χ1) is 6.57. The lowest BCUT2D eigenvalue weighted by atomic mass is 9.99. The van der Waals surface area contributed by atoms with E-state index in [4.69, 9.17) is 11.6 Å². The van der Waals surface area contributed by atoms with Crippen molar-refractivity contribution in [2.24, 2.45) is 0 Å². The van der Waals surface area contributed by atoms with Gasteiger partial charge >= 0.3 is 0 Å². The summed E-state index contributed by atoms with van der Waals surface area (Å²) in [6, 6.07) is 5.65. The van der Waals surface area contributed by atoms with Crippen LogP contribution >= 0.6 is 27.5 Å². The molecule has 1 rings (SSSR count). The molecule has 0 bridgehead atoms. The molecule has 1 unspecified atom stereocenters. The molecule has 1 aromatic rings. The van der Waals surface area contributed by atoms with Gasteiger partial charge in [0.15, 0.2) is 5.78 Å². The van der Waals surface area contributed by atoms with Crippen molar-refractivity contribution in [3.05, 3.63) is 34.9 Å². The lowest BCUT2D eigenvalue weighted by Crippen LogP contribution is -2.12. The van der Waals surface area contributed by atoms with Gasteiger partial charge in [-0.1, -0.05) is 34.1 Å². The summed E-state index contributed by atoms with van der Waals surface area (Å²) in [4.78, 5) is 11.6. The Kier molecular flexibility index (Phi) is 4.14. The van der Waals surface area contributed by atoms with Gasteiger partial charge in [-0.05, 0) is 25.0 Å². The zero-order valence-corrected chi connectivity index (χ0v) is 10.5. The van der Waals surface area contributed by atoms with Crippen LogP contribution in [0.1, 0.15) is 28.4 Å². The summed E-state index contributed by atoms with van der Waals surface area (Å²) in [5.41, 5.74) is 2.76. The summed E-state index contributed by atoms with van der Waals surface area (Å²) in [5.74, 6) is 0.554. The van der Waals surface area contributed by atoms with Crippen LogP contribution in [0.4, 0.5) is 0 Å². The minimum atomic E-state index is -0.147. The van der Waals surface area contributed by atoms with E-state index in [1.54, 1.807) is 0 Å². The molecular formula is C11H12BrClO. The Balaban J connectivity index is 3.16. The number of carbonyl (C=O) groups is 1. The largest absolute Gasteiger partial charge is 0.293 e. The number of hydrogen-bond acceptors (Lipinski definition) is 1. The van der Waals surface area contributed by atoms with Gasteiger partial charge in [-0.25, -0.2) is 0 Å². The van der Waals surface area contributed by atoms with Crippen LogP contribution in [0.5, 0.6) is 0 Å². The zero-order valence-electron chi connectivity index (χ0n) is 8.18. The third-order valence-electron chi connectivity index (χ3n) is 2.22. The van der Waals surface area contributed by atoms with Crippen molar-refractivity contribution in [3.8, 4) is 0 Å². The molecule has 0 heterocycles. The van der Waals surface area contributed by atoms with Crippen LogP contribution in [0.3, 0.4) is 0 Å². The lowest BCUT2D eigenvalue weighted by molar-refractivity contribution is 0.0995. The van der Waals surface area contributed by atoms with Crippen LogP contribution in [-0.4, -0.2) is 10.6 Å². The Hall–Kier alpha value is -0.340. The molecule has 0 aromatic heterocycles. The Morgan fingerprint density at radius 3 is 2.71 bits per heavy atom. The molecule has 1 atom stereocenters. The van der Waals surface area contributed by atoms with Gasteiger partial charge in [0.25, 0.3) is 0 Å². The molecule has 1 nitrogen and oxygen atoms in total. The van der Waals surface area contributed by atoms with E-state index in [1.165, 1.54) is 0 Å². The minimum Gasteiger partial charge on any atom is -0.293 e. The summed E-state index contributed by atoms with van der Waals surface area (Å²) in [6.07, 6.45) is 0. The van der Waals surface area contributed by atoms with Crippen LogP contribution in [0.25, 0.3) is 0 Å². The Labute approximate surface area is 97.6 Å². The number of carbonyl (C=O) groups excluding carboxylic acids is 1. The van der Waals surface area contributed by atoms with Crippen molar-refractivity contribution in [1.29, 1.82) is 0 Å². The van der Waals surface area contributed by atoms with Gasteiger partial charge in [-0.15, -0.1) is 11.6 Å². The van der Waals surface area contributed by atoms with Crippen LogP contribution in [0.2, 0.25) is 0 Å². The smallest absolute Gasteiger partial charge is 0.176 e. The topological polar surface area (TPSA) is 17.1 Å². The van der Waals surface area contributed by atoms with Gasteiger partial charge in [0, 0.05) is 11.4 Å².